The predicted octanol–water partition coefficient (Wildman–Crippen LogP) is 0.599. The van der Waals surface area contributed by atoms with Crippen molar-refractivity contribution in [1.82, 2.24) is 14.5 Å². The van der Waals surface area contributed by atoms with Crippen LogP contribution in [0.1, 0.15) is 23.0 Å². The molecule has 1 aliphatic heterocycles. The molecular weight excluding hydrogens is 400 g/mol. The van der Waals surface area contributed by atoms with E-state index < -0.39 is 22.1 Å². The smallest absolute Gasteiger partial charge is 0.277 e. The lowest BCUT2D eigenvalue weighted by atomic mass is 10.2. The van der Waals surface area contributed by atoms with Crippen molar-refractivity contribution in [2.75, 3.05) is 32.7 Å². The van der Waals surface area contributed by atoms with E-state index >= 15 is 0 Å². The van der Waals surface area contributed by atoms with Gasteiger partial charge in [-0.3, -0.25) is 9.69 Å². The molecule has 11 heteroatoms. The number of ether oxygens (including phenoxy) is 2. The molecule has 0 bridgehead atoms. The zero-order valence-electron chi connectivity index (χ0n) is 16.9. The molecule has 0 radical (unpaired) electrons. The molecule has 3 rings (SSSR count). The van der Waals surface area contributed by atoms with E-state index in [1.807, 2.05) is 0 Å². The van der Waals surface area contributed by atoms with Crippen molar-refractivity contribution in [2.24, 2.45) is 7.05 Å². The molecule has 29 heavy (non-hydrogen) atoms. The van der Waals surface area contributed by atoms with Crippen molar-refractivity contribution in [3.63, 3.8) is 0 Å². The lowest BCUT2D eigenvalue weighted by molar-refractivity contribution is 0.0153. The Morgan fingerprint density at radius 3 is 2.52 bits per heavy atom. The van der Waals surface area contributed by atoms with Gasteiger partial charge in [0.25, 0.3) is 5.91 Å². The van der Waals surface area contributed by atoms with Crippen LogP contribution in [0.5, 0.6) is 11.5 Å². The Morgan fingerprint density at radius 1 is 1.21 bits per heavy atom. The molecule has 10 nitrogen and oxygen atoms in total. The number of carbonyl (C=O) groups excluding carboxylic acids is 1. The number of imidazole rings is 1. The van der Waals surface area contributed by atoms with E-state index in [2.05, 4.69) is 4.98 Å². The number of fused-ring (bicyclic) bond motifs is 1. The van der Waals surface area contributed by atoms with Crippen LogP contribution < -0.4 is 14.4 Å². The Hall–Kier alpha value is -2.79. The van der Waals surface area contributed by atoms with Crippen LogP contribution in [0.15, 0.2) is 23.4 Å². The highest BCUT2D eigenvalue weighted by atomic mass is 32.2. The van der Waals surface area contributed by atoms with E-state index in [0.29, 0.717) is 23.7 Å². The molecule has 1 aliphatic rings. The van der Waals surface area contributed by atoms with Gasteiger partial charge in [0.2, 0.25) is 21.3 Å². The molecule has 1 aromatic heterocycles. The van der Waals surface area contributed by atoms with E-state index in [-0.39, 0.29) is 22.4 Å². The van der Waals surface area contributed by atoms with Crippen LogP contribution in [-0.4, -0.2) is 68.0 Å². The third kappa shape index (κ3) is 3.51. The summed E-state index contributed by atoms with van der Waals surface area (Å²) in [7, 11) is 1.97. The van der Waals surface area contributed by atoms with Gasteiger partial charge < -0.3 is 24.0 Å². The first-order valence-corrected chi connectivity index (χ1v) is 10.5. The second kappa shape index (κ2) is 7.56. The number of sulfone groups is 1. The van der Waals surface area contributed by atoms with Crippen molar-refractivity contribution >= 4 is 21.6 Å². The van der Waals surface area contributed by atoms with Crippen molar-refractivity contribution < 1.29 is 27.8 Å². The van der Waals surface area contributed by atoms with Crippen LogP contribution in [0.2, 0.25) is 0 Å². The summed E-state index contributed by atoms with van der Waals surface area (Å²) >= 11 is 0. The second-order valence-corrected chi connectivity index (χ2v) is 8.55. The van der Waals surface area contributed by atoms with E-state index in [1.54, 1.807) is 25.1 Å². The third-order valence-corrected chi connectivity index (χ3v) is 6.39. The minimum atomic E-state index is -3.95. The van der Waals surface area contributed by atoms with Gasteiger partial charge in [-0.1, -0.05) is 0 Å². The van der Waals surface area contributed by atoms with Crippen LogP contribution in [0.25, 0.3) is 0 Å². The van der Waals surface area contributed by atoms with Crippen molar-refractivity contribution in [3.8, 4) is 11.5 Å². The van der Waals surface area contributed by atoms with Gasteiger partial charge in [-0.15, -0.1) is 0 Å². The molecule has 0 spiro atoms. The number of benzene rings is 1. The number of aromatic nitrogens is 2. The van der Waals surface area contributed by atoms with Gasteiger partial charge in [0, 0.05) is 26.7 Å². The molecule has 1 atom stereocenters. The van der Waals surface area contributed by atoms with Crippen molar-refractivity contribution in [2.45, 2.75) is 24.2 Å². The summed E-state index contributed by atoms with van der Waals surface area (Å²) in [4.78, 5) is 19.2. The highest BCUT2D eigenvalue weighted by molar-refractivity contribution is 7.90. The number of hydrogen-bond donors (Lipinski definition) is 1. The van der Waals surface area contributed by atoms with Crippen LogP contribution in [-0.2, 0) is 22.6 Å². The highest BCUT2D eigenvalue weighted by Gasteiger charge is 2.39. The normalized spacial score (nSPS) is 16.8. The first-order valence-electron chi connectivity index (χ1n) is 8.89. The number of aliphatic hydroxyl groups excluding tert-OH is 1. The summed E-state index contributed by atoms with van der Waals surface area (Å²) in [6.07, 6.45) is -1.23. The molecule has 158 valence electrons. The molecular formula is C18H24N4O6S. The number of amides is 1. The lowest BCUT2D eigenvalue weighted by Crippen LogP contribution is -2.52. The summed E-state index contributed by atoms with van der Waals surface area (Å²) in [5.41, 5.74) is 0.513. The SMILES string of the molecule is CCOc1ccc(OC)cc1CS(=O)(=O)c1nc2c(n1C)C(=O)N(C)C(O)N2C. The van der Waals surface area contributed by atoms with Gasteiger partial charge in [-0.05, 0) is 25.1 Å². The van der Waals surface area contributed by atoms with Crippen molar-refractivity contribution in [1.29, 1.82) is 0 Å². The highest BCUT2D eigenvalue weighted by Crippen LogP contribution is 2.32. The summed E-state index contributed by atoms with van der Waals surface area (Å²) in [5.74, 6) is 0.131. The Labute approximate surface area is 169 Å². The largest absolute Gasteiger partial charge is 0.497 e. The predicted molar refractivity (Wildman–Crippen MR) is 105 cm³/mol. The molecule has 0 aliphatic carbocycles. The minimum absolute atomic E-state index is 0.0922. The van der Waals surface area contributed by atoms with Gasteiger partial charge in [-0.2, -0.15) is 4.98 Å². The lowest BCUT2D eigenvalue weighted by Gasteiger charge is -2.35. The molecule has 2 aromatic rings. The average molecular weight is 424 g/mol. The fraction of sp³-hybridized carbons (Fsp3) is 0.444. The molecule has 0 saturated carbocycles. The maximum absolute atomic E-state index is 13.2. The fourth-order valence-corrected chi connectivity index (χ4v) is 4.73. The molecule has 2 heterocycles. The molecule has 1 unspecified atom stereocenters. The number of aliphatic hydroxyl groups is 1. The third-order valence-electron chi connectivity index (χ3n) is 4.78. The van der Waals surface area contributed by atoms with E-state index in [9.17, 15) is 18.3 Å². The fourth-order valence-electron chi connectivity index (χ4n) is 3.23. The molecule has 1 aromatic carbocycles. The Bertz CT molecular complexity index is 1050. The summed E-state index contributed by atoms with van der Waals surface area (Å²) in [6, 6.07) is 4.94. The maximum atomic E-state index is 13.2. The van der Waals surface area contributed by atoms with Crippen LogP contribution in [0.4, 0.5) is 5.82 Å². The Kier molecular flexibility index (Phi) is 5.46. The maximum Gasteiger partial charge on any atom is 0.277 e. The quantitative estimate of drug-likeness (QED) is 0.717. The zero-order valence-corrected chi connectivity index (χ0v) is 17.7. The molecule has 1 amide bonds. The van der Waals surface area contributed by atoms with Crippen molar-refractivity contribution in [3.05, 3.63) is 29.5 Å². The van der Waals surface area contributed by atoms with Crippen LogP contribution in [0, 0.1) is 0 Å². The standard InChI is InChI=1S/C18H24N4O6S/c1-6-28-13-8-7-12(27-5)9-11(13)10-29(25,26)17-19-15-14(20(17)2)16(23)22(4)18(24)21(15)3/h7-9,18,24H,6,10H2,1-5H3. The van der Waals surface area contributed by atoms with Crippen LogP contribution >= 0.6 is 0 Å². The van der Waals surface area contributed by atoms with Crippen LogP contribution in [0.3, 0.4) is 0 Å². The van der Waals surface area contributed by atoms with E-state index in [1.165, 1.54) is 37.7 Å². The zero-order chi connectivity index (χ0) is 21.5. The van der Waals surface area contributed by atoms with Gasteiger partial charge in [0.15, 0.2) is 11.5 Å². The molecule has 0 saturated heterocycles. The first-order chi connectivity index (χ1) is 13.6. The van der Waals surface area contributed by atoms with Gasteiger partial charge in [-0.25, -0.2) is 8.42 Å². The summed E-state index contributed by atoms with van der Waals surface area (Å²) < 4.78 is 38.4. The van der Waals surface area contributed by atoms with Gasteiger partial charge in [0.05, 0.1) is 19.5 Å². The van der Waals surface area contributed by atoms with E-state index in [4.69, 9.17) is 9.47 Å². The number of rotatable bonds is 6. The minimum Gasteiger partial charge on any atom is -0.497 e. The van der Waals surface area contributed by atoms with Gasteiger partial charge in [0.1, 0.15) is 11.5 Å². The summed E-state index contributed by atoms with van der Waals surface area (Å²) in [6.45, 7) is 2.18. The molecule has 0 fully saturated rings. The number of hydrogen-bond acceptors (Lipinski definition) is 8. The number of anilines is 1. The average Bonchev–Trinajstić information content (AvgIpc) is 3.04. The second-order valence-electron chi connectivity index (χ2n) is 6.66. The Morgan fingerprint density at radius 2 is 1.90 bits per heavy atom. The topological polar surface area (TPSA) is 114 Å². The number of carbonyl (C=O) groups is 1. The monoisotopic (exact) mass is 424 g/mol. The van der Waals surface area contributed by atoms with Gasteiger partial charge >= 0.3 is 0 Å². The molecule has 1 N–H and O–H groups in total. The Balaban J connectivity index is 2.07. The number of nitrogens with zero attached hydrogens (tertiary/aromatic N) is 4. The number of methoxy groups -OCH3 is 1. The summed E-state index contributed by atoms with van der Waals surface area (Å²) in [5, 5.41) is 9.89. The first kappa shape index (κ1) is 20.9. The van der Waals surface area contributed by atoms with E-state index in [0.717, 1.165) is 4.90 Å².